The molecule has 7 nitrogen and oxygen atoms in total. The highest BCUT2D eigenvalue weighted by atomic mass is 35.5. The second kappa shape index (κ2) is 10.2. The highest BCUT2D eigenvalue weighted by molar-refractivity contribution is 6.38. The number of rotatable bonds is 2. The van der Waals surface area contributed by atoms with E-state index in [-0.39, 0.29) is 28.7 Å². The van der Waals surface area contributed by atoms with Crippen LogP contribution in [0.1, 0.15) is 72.3 Å². The molecular formula is C38H26ClN3O4. The van der Waals surface area contributed by atoms with Crippen molar-refractivity contribution in [2.45, 2.75) is 37.5 Å². The molecule has 0 radical (unpaired) electrons. The van der Waals surface area contributed by atoms with Gasteiger partial charge in [-0.3, -0.25) is 24.3 Å². The third-order valence-corrected chi connectivity index (χ3v) is 10.4. The van der Waals surface area contributed by atoms with Gasteiger partial charge in [-0.2, -0.15) is 5.26 Å². The van der Waals surface area contributed by atoms with E-state index in [9.17, 15) is 19.5 Å². The van der Waals surface area contributed by atoms with Crippen molar-refractivity contribution in [1.29, 1.82) is 5.26 Å². The zero-order valence-corrected chi connectivity index (χ0v) is 25.4. The molecule has 4 atom stereocenters. The van der Waals surface area contributed by atoms with E-state index >= 15 is 0 Å². The molecule has 0 amide bonds. The quantitative estimate of drug-likeness (QED) is 0.242. The van der Waals surface area contributed by atoms with Crippen LogP contribution in [0.15, 0.2) is 108 Å². The van der Waals surface area contributed by atoms with Crippen LogP contribution in [0, 0.1) is 16.7 Å². The van der Waals surface area contributed by atoms with Gasteiger partial charge < -0.3 is 5.11 Å². The molecule has 224 valence electrons. The van der Waals surface area contributed by atoms with Gasteiger partial charge in [0.25, 0.3) is 0 Å². The van der Waals surface area contributed by atoms with Crippen LogP contribution in [0.25, 0.3) is 5.76 Å². The van der Waals surface area contributed by atoms with Crippen molar-refractivity contribution in [3.63, 3.8) is 0 Å². The third-order valence-electron chi connectivity index (χ3n) is 10.1. The van der Waals surface area contributed by atoms with Gasteiger partial charge in [0.05, 0.1) is 23.4 Å². The van der Waals surface area contributed by atoms with Crippen molar-refractivity contribution in [2.75, 3.05) is 0 Å². The van der Waals surface area contributed by atoms with Crippen LogP contribution in [0.2, 0.25) is 5.02 Å². The number of fused-ring (bicyclic) bond motifs is 5. The minimum atomic E-state index is -1.46. The first-order chi connectivity index (χ1) is 22.3. The number of hydrogen-bond donors (Lipinski definition) is 1. The molecule has 4 aromatic carbocycles. The number of halogens is 1. The highest BCUT2D eigenvalue weighted by Crippen LogP contribution is 2.64. The smallest absolute Gasteiger partial charge is 0.199 e. The van der Waals surface area contributed by atoms with Gasteiger partial charge in [-0.1, -0.05) is 96.5 Å². The Balaban J connectivity index is 0.00000100. The average Bonchev–Trinajstić information content (AvgIpc) is 3.74. The zero-order valence-electron chi connectivity index (χ0n) is 24.6. The molecule has 0 aromatic heterocycles. The summed E-state index contributed by atoms with van der Waals surface area (Å²) in [6.07, 6.45) is -0.0500. The summed E-state index contributed by atoms with van der Waals surface area (Å²) in [5.74, 6) is -1.52. The van der Waals surface area contributed by atoms with Crippen LogP contribution in [0.3, 0.4) is 0 Å². The maximum Gasteiger partial charge on any atom is 0.199 e. The molecule has 2 aliphatic carbocycles. The lowest BCUT2D eigenvalue weighted by Gasteiger charge is -2.40. The summed E-state index contributed by atoms with van der Waals surface area (Å²) in [6, 6.07) is 29.9. The molecular weight excluding hydrogens is 598 g/mol. The van der Waals surface area contributed by atoms with Gasteiger partial charge in [-0.25, -0.2) is 0 Å². The number of aliphatic hydroxyl groups is 1. The fourth-order valence-electron chi connectivity index (χ4n) is 8.47. The molecule has 1 spiro atoms. The Labute approximate surface area is 270 Å². The molecule has 8 heteroatoms. The summed E-state index contributed by atoms with van der Waals surface area (Å²) in [6.45, 7) is 1.43. The Hall–Kier alpha value is -5.16. The van der Waals surface area contributed by atoms with E-state index < -0.39 is 29.6 Å². The summed E-state index contributed by atoms with van der Waals surface area (Å²) in [7, 11) is 0. The Kier molecular flexibility index (Phi) is 6.27. The largest absolute Gasteiger partial charge is 0.506 e. The Morgan fingerprint density at radius 1 is 0.848 bits per heavy atom. The number of Topliss-reactive ketones (excluding diaryl/α,β-unsaturated/α-hetero) is 3. The molecule has 9 rings (SSSR count). The number of ketones is 3. The number of nitrogens with zero attached hydrogens (tertiary/aromatic N) is 3. The minimum Gasteiger partial charge on any atom is -0.506 e. The minimum absolute atomic E-state index is 0.118. The Morgan fingerprint density at radius 2 is 1.41 bits per heavy atom. The SMILES string of the molecule is CC#N.O=C1C(C2=N[C@@H]3c4ccccc4C[C@@H]4N3[C@@H]2[C@H](c2ccc(Cl)cc2)C42C(=O)c3ccccc3C2=O)=C(O)c2ccccc21. The number of benzene rings is 4. The maximum absolute atomic E-state index is 14.8. The van der Waals surface area contributed by atoms with E-state index in [0.717, 1.165) is 16.7 Å². The van der Waals surface area contributed by atoms with Gasteiger partial charge >= 0.3 is 0 Å². The number of hydrogen-bond acceptors (Lipinski definition) is 7. The number of carbonyl (C=O) groups excluding carboxylic acids is 3. The summed E-state index contributed by atoms with van der Waals surface area (Å²) >= 11 is 6.33. The lowest BCUT2D eigenvalue weighted by atomic mass is 9.63. The highest BCUT2D eigenvalue weighted by Gasteiger charge is 2.74. The Bertz CT molecular complexity index is 2090. The van der Waals surface area contributed by atoms with E-state index in [4.69, 9.17) is 21.9 Å². The molecule has 1 fully saturated rings. The lowest BCUT2D eigenvalue weighted by Crippen LogP contribution is -2.51. The molecule has 1 N–H and O–H groups in total. The predicted octanol–water partition coefficient (Wildman–Crippen LogP) is 6.95. The van der Waals surface area contributed by atoms with Gasteiger partial charge in [0, 0.05) is 46.2 Å². The normalized spacial score (nSPS) is 24.5. The van der Waals surface area contributed by atoms with Gasteiger partial charge in [-0.15, -0.1) is 0 Å². The van der Waals surface area contributed by atoms with Crippen LogP contribution < -0.4 is 0 Å². The molecule has 0 saturated carbocycles. The number of aliphatic hydroxyl groups excluding tert-OH is 1. The zero-order chi connectivity index (χ0) is 31.9. The molecule has 4 aromatic rings. The van der Waals surface area contributed by atoms with Gasteiger partial charge in [0.1, 0.15) is 17.3 Å². The molecule has 5 aliphatic rings. The van der Waals surface area contributed by atoms with Crippen molar-refractivity contribution in [3.05, 3.63) is 147 Å². The summed E-state index contributed by atoms with van der Waals surface area (Å²) < 4.78 is 0. The number of aliphatic imine (C=N–C) groups is 1. The first-order valence-electron chi connectivity index (χ1n) is 15.1. The van der Waals surface area contributed by atoms with E-state index in [1.807, 2.05) is 36.4 Å². The second-order valence-corrected chi connectivity index (χ2v) is 12.6. The Morgan fingerprint density at radius 3 is 2.04 bits per heavy atom. The second-order valence-electron chi connectivity index (χ2n) is 12.1. The van der Waals surface area contributed by atoms with Crippen LogP contribution in [0.4, 0.5) is 0 Å². The fraction of sp³-hybridized carbons (Fsp3) is 0.184. The topological polar surface area (TPSA) is 111 Å². The molecule has 0 unspecified atom stereocenters. The lowest BCUT2D eigenvalue weighted by molar-refractivity contribution is 0.0544. The standard InChI is InChI=1S/C36H23ClN2O4.C2H3N/c37-20-15-13-18(14-16-20)28-30-29(27-31(40)22-9-3-4-10-23(22)32(27)41)38-35-21-8-2-1-7-19(21)17-26(39(30)35)36(28)33(42)24-11-5-6-12-25(24)34(36)43;1-2-3/h1-16,26,28,30,35,40H,17H2;1H3/t26-,28-,30+,35-;/m0./s1. The van der Waals surface area contributed by atoms with Crippen molar-refractivity contribution < 1.29 is 19.5 Å². The summed E-state index contributed by atoms with van der Waals surface area (Å²) in [5.41, 5.74) is 3.58. The van der Waals surface area contributed by atoms with Crippen LogP contribution in [-0.4, -0.2) is 45.2 Å². The van der Waals surface area contributed by atoms with E-state index in [1.54, 1.807) is 66.7 Å². The number of carbonyl (C=O) groups is 3. The van der Waals surface area contributed by atoms with Gasteiger partial charge in [0.2, 0.25) is 0 Å². The first kappa shape index (κ1) is 28.3. The van der Waals surface area contributed by atoms with Crippen molar-refractivity contribution in [3.8, 4) is 6.07 Å². The predicted molar refractivity (Wildman–Crippen MR) is 173 cm³/mol. The summed E-state index contributed by atoms with van der Waals surface area (Å²) in [5, 5.41) is 19.4. The van der Waals surface area contributed by atoms with E-state index in [1.165, 1.54) is 6.92 Å². The van der Waals surface area contributed by atoms with Gasteiger partial charge in [0.15, 0.2) is 17.3 Å². The summed E-state index contributed by atoms with van der Waals surface area (Å²) in [4.78, 5) is 51.0. The molecule has 1 saturated heterocycles. The molecule has 46 heavy (non-hydrogen) atoms. The van der Waals surface area contributed by atoms with Gasteiger partial charge in [-0.05, 0) is 35.2 Å². The van der Waals surface area contributed by atoms with Crippen molar-refractivity contribution >= 4 is 40.4 Å². The van der Waals surface area contributed by atoms with Crippen LogP contribution in [-0.2, 0) is 6.42 Å². The monoisotopic (exact) mass is 623 g/mol. The molecule has 0 bridgehead atoms. The average molecular weight is 624 g/mol. The first-order valence-corrected chi connectivity index (χ1v) is 15.5. The molecule has 3 aliphatic heterocycles. The van der Waals surface area contributed by atoms with E-state index in [2.05, 4.69) is 4.90 Å². The third kappa shape index (κ3) is 3.51. The van der Waals surface area contributed by atoms with Crippen molar-refractivity contribution in [2.24, 2.45) is 10.4 Å². The maximum atomic E-state index is 14.8. The fourth-order valence-corrected chi connectivity index (χ4v) is 8.60. The number of nitriles is 1. The van der Waals surface area contributed by atoms with E-state index in [0.29, 0.717) is 39.4 Å². The van der Waals surface area contributed by atoms with Crippen molar-refractivity contribution in [1.82, 2.24) is 4.90 Å². The van der Waals surface area contributed by atoms with Crippen LogP contribution >= 0.6 is 11.6 Å². The molecule has 3 heterocycles. The van der Waals surface area contributed by atoms with Crippen LogP contribution in [0.5, 0.6) is 0 Å².